The summed E-state index contributed by atoms with van der Waals surface area (Å²) < 4.78 is 10.7. The van der Waals surface area contributed by atoms with Gasteiger partial charge in [0.1, 0.15) is 5.70 Å². The second kappa shape index (κ2) is 9.06. The van der Waals surface area contributed by atoms with Crippen LogP contribution < -0.4 is 19.7 Å². The Labute approximate surface area is 181 Å². The Bertz CT molecular complexity index is 1040. The highest BCUT2D eigenvalue weighted by Gasteiger charge is 2.34. The molecule has 0 aromatic heterocycles. The molecule has 2 aromatic carbocycles. The van der Waals surface area contributed by atoms with E-state index in [0.717, 1.165) is 4.90 Å². The van der Waals surface area contributed by atoms with Crippen molar-refractivity contribution < 1.29 is 29.0 Å². The van der Waals surface area contributed by atoms with Gasteiger partial charge in [0.25, 0.3) is 5.91 Å². The maximum atomic E-state index is 12.7. The van der Waals surface area contributed by atoms with E-state index in [2.05, 4.69) is 5.32 Å². The van der Waals surface area contributed by atoms with Gasteiger partial charge in [0.15, 0.2) is 18.1 Å². The van der Waals surface area contributed by atoms with Crippen molar-refractivity contribution in [1.29, 1.82) is 0 Å². The van der Waals surface area contributed by atoms with Crippen LogP contribution in [-0.4, -0.2) is 36.2 Å². The van der Waals surface area contributed by atoms with Gasteiger partial charge in [-0.2, -0.15) is 0 Å². The number of aliphatic carboxylic acids is 1. The van der Waals surface area contributed by atoms with Crippen molar-refractivity contribution >= 4 is 52.9 Å². The summed E-state index contributed by atoms with van der Waals surface area (Å²) in [4.78, 5) is 36.8. The van der Waals surface area contributed by atoms with Crippen LogP contribution in [0, 0.1) is 0 Å². The van der Waals surface area contributed by atoms with Crippen LogP contribution in [0.2, 0.25) is 10.0 Å². The molecule has 0 aliphatic carbocycles. The van der Waals surface area contributed by atoms with Gasteiger partial charge in [-0.05, 0) is 55.0 Å². The zero-order chi connectivity index (χ0) is 21.8. The zero-order valence-electron chi connectivity index (χ0n) is 15.6. The average molecular weight is 451 g/mol. The van der Waals surface area contributed by atoms with Crippen molar-refractivity contribution in [2.75, 3.05) is 18.1 Å². The Hall–Kier alpha value is -3.23. The molecule has 156 valence electrons. The lowest BCUT2D eigenvalue weighted by Gasteiger charge is -2.13. The smallest absolute Gasteiger partial charge is 0.341 e. The number of amides is 3. The van der Waals surface area contributed by atoms with E-state index in [4.69, 9.17) is 37.8 Å². The number of hydrogen-bond acceptors (Lipinski definition) is 5. The fourth-order valence-electron chi connectivity index (χ4n) is 2.73. The largest absolute Gasteiger partial charge is 0.490 e. The van der Waals surface area contributed by atoms with Gasteiger partial charge in [-0.1, -0.05) is 23.2 Å². The van der Waals surface area contributed by atoms with Gasteiger partial charge < -0.3 is 19.9 Å². The quantitative estimate of drug-likeness (QED) is 0.488. The molecule has 1 saturated heterocycles. The van der Waals surface area contributed by atoms with E-state index in [1.165, 1.54) is 18.2 Å². The molecule has 2 aromatic rings. The molecule has 1 aliphatic rings. The Kier molecular flexibility index (Phi) is 6.49. The van der Waals surface area contributed by atoms with Gasteiger partial charge in [-0.15, -0.1) is 0 Å². The van der Waals surface area contributed by atoms with E-state index in [1.807, 2.05) is 0 Å². The SMILES string of the molecule is CCOc1cc(/C=C2/NC(=O)N(c3ccc(Cl)cc3)C2=O)cc(Cl)c1OCC(=O)O. The van der Waals surface area contributed by atoms with E-state index >= 15 is 0 Å². The number of nitrogens with one attached hydrogen (secondary N) is 1. The lowest BCUT2D eigenvalue weighted by molar-refractivity contribution is -0.139. The second-order valence-electron chi connectivity index (χ2n) is 6.05. The first-order valence-electron chi connectivity index (χ1n) is 8.73. The molecule has 0 radical (unpaired) electrons. The van der Waals surface area contributed by atoms with E-state index < -0.39 is 24.5 Å². The molecule has 8 nitrogen and oxygen atoms in total. The van der Waals surface area contributed by atoms with Crippen LogP contribution in [0.15, 0.2) is 42.1 Å². The molecule has 30 heavy (non-hydrogen) atoms. The predicted molar refractivity (Wildman–Crippen MR) is 111 cm³/mol. The van der Waals surface area contributed by atoms with Crippen LogP contribution in [0.1, 0.15) is 12.5 Å². The van der Waals surface area contributed by atoms with Crippen LogP contribution in [-0.2, 0) is 9.59 Å². The first-order chi connectivity index (χ1) is 14.3. The zero-order valence-corrected chi connectivity index (χ0v) is 17.2. The summed E-state index contributed by atoms with van der Waals surface area (Å²) in [6.45, 7) is 1.43. The number of halogens is 2. The molecular formula is C20H16Cl2N2O6. The second-order valence-corrected chi connectivity index (χ2v) is 6.89. The summed E-state index contributed by atoms with van der Waals surface area (Å²) in [6, 6.07) is 8.66. The summed E-state index contributed by atoms with van der Waals surface area (Å²) in [7, 11) is 0. The average Bonchev–Trinajstić information content (AvgIpc) is 2.95. The summed E-state index contributed by atoms with van der Waals surface area (Å²) >= 11 is 12.1. The summed E-state index contributed by atoms with van der Waals surface area (Å²) in [5, 5.41) is 11.9. The van der Waals surface area contributed by atoms with Gasteiger partial charge in [0, 0.05) is 5.02 Å². The minimum absolute atomic E-state index is 0.0349. The number of urea groups is 1. The number of hydrogen-bond donors (Lipinski definition) is 2. The summed E-state index contributed by atoms with van der Waals surface area (Å²) in [5.41, 5.74) is 0.858. The third-order valence-electron chi connectivity index (χ3n) is 3.95. The fourth-order valence-corrected chi connectivity index (χ4v) is 3.13. The van der Waals surface area contributed by atoms with Crippen molar-refractivity contribution in [3.63, 3.8) is 0 Å². The number of carboxylic acid groups (broad SMARTS) is 1. The number of ether oxygens (including phenoxy) is 2. The van der Waals surface area contributed by atoms with E-state index in [1.54, 1.807) is 31.2 Å². The Balaban J connectivity index is 1.92. The highest BCUT2D eigenvalue weighted by Crippen LogP contribution is 2.37. The van der Waals surface area contributed by atoms with E-state index in [9.17, 15) is 14.4 Å². The standard InChI is InChI=1S/C20H16Cl2N2O6/c1-2-29-16-9-11(7-14(22)18(16)30-10-17(25)26)8-15-19(27)24(20(28)23-15)13-5-3-12(21)4-6-13/h3-9H,2,10H2,1H3,(H,23,28)(H,25,26)/b15-8+. The first kappa shape index (κ1) is 21.5. The predicted octanol–water partition coefficient (Wildman–Crippen LogP) is 3.95. The van der Waals surface area contributed by atoms with Crippen molar-refractivity contribution in [3.8, 4) is 11.5 Å². The van der Waals surface area contributed by atoms with Crippen molar-refractivity contribution in [1.82, 2.24) is 5.32 Å². The monoisotopic (exact) mass is 450 g/mol. The highest BCUT2D eigenvalue weighted by molar-refractivity contribution is 6.33. The molecular weight excluding hydrogens is 435 g/mol. The number of anilines is 1. The maximum absolute atomic E-state index is 12.7. The maximum Gasteiger partial charge on any atom is 0.341 e. The summed E-state index contributed by atoms with van der Waals surface area (Å²) in [6.07, 6.45) is 1.44. The van der Waals surface area contributed by atoms with Gasteiger partial charge in [-0.3, -0.25) is 4.79 Å². The molecule has 3 amide bonds. The number of carbonyl (C=O) groups is 3. The molecule has 2 N–H and O–H groups in total. The normalized spacial score (nSPS) is 14.8. The molecule has 0 saturated carbocycles. The third kappa shape index (κ3) is 4.67. The van der Waals surface area contributed by atoms with Gasteiger partial charge in [0.2, 0.25) is 0 Å². The number of carbonyl (C=O) groups excluding carboxylic acids is 2. The van der Waals surface area contributed by atoms with Crippen molar-refractivity contribution in [3.05, 3.63) is 57.7 Å². The van der Waals surface area contributed by atoms with Gasteiger partial charge in [0.05, 0.1) is 17.3 Å². The van der Waals surface area contributed by atoms with Gasteiger partial charge >= 0.3 is 12.0 Å². The summed E-state index contributed by atoms with van der Waals surface area (Å²) in [5.74, 6) is -1.43. The lowest BCUT2D eigenvalue weighted by atomic mass is 10.1. The minimum atomic E-state index is -1.17. The Morgan fingerprint density at radius 2 is 1.87 bits per heavy atom. The van der Waals surface area contributed by atoms with E-state index in [0.29, 0.717) is 16.3 Å². The van der Waals surface area contributed by atoms with Crippen molar-refractivity contribution in [2.45, 2.75) is 6.92 Å². The van der Waals surface area contributed by atoms with Crippen LogP contribution in [0.25, 0.3) is 6.08 Å². The number of nitrogens with zero attached hydrogens (tertiary/aromatic N) is 1. The Morgan fingerprint density at radius 3 is 2.50 bits per heavy atom. The van der Waals surface area contributed by atoms with Crippen LogP contribution in [0.3, 0.4) is 0 Å². The molecule has 10 heteroatoms. The van der Waals surface area contributed by atoms with Crippen LogP contribution >= 0.6 is 23.2 Å². The first-order valence-corrected chi connectivity index (χ1v) is 9.49. The third-order valence-corrected chi connectivity index (χ3v) is 4.48. The molecule has 1 heterocycles. The Morgan fingerprint density at radius 1 is 1.17 bits per heavy atom. The van der Waals surface area contributed by atoms with Crippen LogP contribution in [0.4, 0.5) is 10.5 Å². The fraction of sp³-hybridized carbons (Fsp3) is 0.150. The van der Waals surface area contributed by atoms with Crippen LogP contribution in [0.5, 0.6) is 11.5 Å². The number of benzene rings is 2. The highest BCUT2D eigenvalue weighted by atomic mass is 35.5. The molecule has 1 fully saturated rings. The number of imide groups is 1. The minimum Gasteiger partial charge on any atom is -0.490 e. The number of carboxylic acids is 1. The van der Waals surface area contributed by atoms with E-state index in [-0.39, 0.29) is 28.8 Å². The van der Waals surface area contributed by atoms with Gasteiger partial charge in [-0.25, -0.2) is 14.5 Å². The molecule has 3 rings (SSSR count). The molecule has 0 spiro atoms. The van der Waals surface area contributed by atoms with Crippen molar-refractivity contribution in [2.24, 2.45) is 0 Å². The molecule has 1 aliphatic heterocycles. The lowest BCUT2D eigenvalue weighted by Crippen LogP contribution is -2.30. The molecule has 0 bridgehead atoms. The number of rotatable bonds is 7. The molecule has 0 atom stereocenters. The topological polar surface area (TPSA) is 105 Å². The molecule has 0 unspecified atom stereocenters.